The lowest BCUT2D eigenvalue weighted by Crippen LogP contribution is -2.27. The van der Waals surface area contributed by atoms with Crippen LogP contribution in [0.4, 0.5) is 0 Å². The highest BCUT2D eigenvalue weighted by atomic mass is 16.5. The summed E-state index contributed by atoms with van der Waals surface area (Å²) >= 11 is 0. The summed E-state index contributed by atoms with van der Waals surface area (Å²) < 4.78 is 4.55. The third-order valence-corrected chi connectivity index (χ3v) is 3.22. The summed E-state index contributed by atoms with van der Waals surface area (Å²) in [5, 5.41) is 12.1. The quantitative estimate of drug-likeness (QED) is 0.844. The number of aliphatic hydroxyl groups excluding tert-OH is 1. The number of benzene rings is 2. The zero-order valence-corrected chi connectivity index (χ0v) is 10.5. The first-order valence-corrected chi connectivity index (χ1v) is 5.88. The van der Waals surface area contributed by atoms with Gasteiger partial charge in [0.2, 0.25) is 0 Å². The minimum atomic E-state index is -1.13. The predicted molar refractivity (Wildman–Crippen MR) is 70.4 cm³/mol. The Morgan fingerprint density at radius 1 is 1.17 bits per heavy atom. The van der Waals surface area contributed by atoms with Crippen LogP contribution in [-0.4, -0.2) is 24.3 Å². The number of hydrogen-bond donors (Lipinski definition) is 1. The van der Waals surface area contributed by atoms with Gasteiger partial charge >= 0.3 is 5.97 Å². The zero-order valence-electron chi connectivity index (χ0n) is 10.5. The van der Waals surface area contributed by atoms with Crippen LogP contribution in [0.2, 0.25) is 0 Å². The normalized spacial score (nSPS) is 14.2. The molecule has 0 aliphatic carbocycles. The molecule has 0 fully saturated rings. The molecule has 0 heterocycles. The maximum absolute atomic E-state index is 11.3. The van der Waals surface area contributed by atoms with Crippen molar-refractivity contribution >= 4 is 16.7 Å². The van der Waals surface area contributed by atoms with Crippen LogP contribution in [0.1, 0.15) is 18.4 Å². The Bertz CT molecular complexity index is 562. The van der Waals surface area contributed by atoms with Crippen LogP contribution in [0.15, 0.2) is 42.5 Å². The van der Waals surface area contributed by atoms with Gasteiger partial charge < -0.3 is 9.84 Å². The predicted octanol–water partition coefficient (Wildman–Crippen LogP) is 2.48. The fraction of sp³-hybridized carbons (Fsp3) is 0.267. The Hall–Kier alpha value is -1.87. The van der Waals surface area contributed by atoms with Crippen LogP contribution < -0.4 is 0 Å². The van der Waals surface area contributed by atoms with Crippen molar-refractivity contribution in [3.63, 3.8) is 0 Å². The van der Waals surface area contributed by atoms with Crippen LogP contribution in [0, 0.1) is 0 Å². The smallest absolute Gasteiger partial charge is 0.335 e. The van der Waals surface area contributed by atoms with Crippen LogP contribution in [0.5, 0.6) is 0 Å². The molecule has 0 aliphatic heterocycles. The van der Waals surface area contributed by atoms with Crippen molar-refractivity contribution in [2.45, 2.75) is 18.9 Å². The van der Waals surface area contributed by atoms with Gasteiger partial charge in [-0.05, 0) is 16.3 Å². The van der Waals surface area contributed by atoms with Gasteiger partial charge in [0.15, 0.2) is 6.10 Å². The highest BCUT2D eigenvalue weighted by molar-refractivity contribution is 5.83. The Balaban J connectivity index is 2.33. The summed E-state index contributed by atoms with van der Waals surface area (Å²) in [4.78, 5) is 11.3. The van der Waals surface area contributed by atoms with Crippen molar-refractivity contribution in [2.24, 2.45) is 0 Å². The maximum Gasteiger partial charge on any atom is 0.335 e. The van der Waals surface area contributed by atoms with E-state index < -0.39 is 12.1 Å². The van der Waals surface area contributed by atoms with Crippen molar-refractivity contribution in [1.29, 1.82) is 0 Å². The van der Waals surface area contributed by atoms with E-state index in [1.54, 1.807) is 0 Å². The van der Waals surface area contributed by atoms with E-state index >= 15 is 0 Å². The first-order valence-electron chi connectivity index (χ1n) is 5.88. The molecule has 0 aromatic heterocycles. The average Bonchev–Trinajstić information content (AvgIpc) is 2.44. The van der Waals surface area contributed by atoms with Crippen LogP contribution >= 0.6 is 0 Å². The number of fused-ring (bicyclic) bond motifs is 1. The van der Waals surface area contributed by atoms with Crippen LogP contribution in [0.3, 0.4) is 0 Å². The zero-order chi connectivity index (χ0) is 13.1. The number of hydrogen-bond acceptors (Lipinski definition) is 3. The summed E-state index contributed by atoms with van der Waals surface area (Å²) in [5.74, 6) is -0.891. The topological polar surface area (TPSA) is 46.5 Å². The molecule has 0 aliphatic rings. The van der Waals surface area contributed by atoms with Crippen LogP contribution in [-0.2, 0) is 9.53 Å². The second-order valence-corrected chi connectivity index (χ2v) is 4.36. The molecule has 2 rings (SSSR count). The van der Waals surface area contributed by atoms with Crippen molar-refractivity contribution in [3.05, 3.63) is 48.0 Å². The molecule has 0 radical (unpaired) electrons. The molecule has 2 aromatic carbocycles. The summed E-state index contributed by atoms with van der Waals surface area (Å²) in [5.41, 5.74) is 0.923. The molecule has 18 heavy (non-hydrogen) atoms. The van der Waals surface area contributed by atoms with E-state index in [4.69, 9.17) is 0 Å². The summed E-state index contributed by atoms with van der Waals surface area (Å²) in [7, 11) is 1.28. The molecular weight excluding hydrogens is 228 g/mol. The van der Waals surface area contributed by atoms with E-state index in [2.05, 4.69) is 4.74 Å². The Morgan fingerprint density at radius 2 is 1.83 bits per heavy atom. The van der Waals surface area contributed by atoms with Crippen molar-refractivity contribution in [2.75, 3.05) is 7.11 Å². The molecule has 3 nitrogen and oxygen atoms in total. The van der Waals surface area contributed by atoms with Crippen molar-refractivity contribution in [3.8, 4) is 0 Å². The Labute approximate surface area is 106 Å². The summed E-state index contributed by atoms with van der Waals surface area (Å²) in [6, 6.07) is 13.9. The number of carbonyl (C=O) groups excluding carboxylic acids is 1. The first-order chi connectivity index (χ1) is 8.63. The molecule has 0 amide bonds. The molecule has 1 N–H and O–H groups in total. The molecule has 0 saturated heterocycles. The monoisotopic (exact) mass is 244 g/mol. The standard InChI is InChI=1S/C15H16O3/c1-10(14(16)15(17)18-2)12-8-7-11-5-3-4-6-13(11)9-12/h3-10,14,16H,1-2H3. The van der Waals surface area contributed by atoms with Gasteiger partial charge in [-0.2, -0.15) is 0 Å². The van der Waals surface area contributed by atoms with Gasteiger partial charge in [0.25, 0.3) is 0 Å². The molecule has 3 heteroatoms. The third-order valence-electron chi connectivity index (χ3n) is 3.22. The lowest BCUT2D eigenvalue weighted by Gasteiger charge is -2.17. The van der Waals surface area contributed by atoms with Gasteiger partial charge in [-0.1, -0.05) is 49.4 Å². The highest BCUT2D eigenvalue weighted by Crippen LogP contribution is 2.24. The minimum absolute atomic E-state index is 0.290. The maximum atomic E-state index is 11.3. The van der Waals surface area contributed by atoms with Gasteiger partial charge in [0.1, 0.15) is 0 Å². The van der Waals surface area contributed by atoms with Gasteiger partial charge in [0, 0.05) is 5.92 Å². The average molecular weight is 244 g/mol. The fourth-order valence-corrected chi connectivity index (χ4v) is 2.00. The largest absolute Gasteiger partial charge is 0.467 e. The van der Waals surface area contributed by atoms with Crippen molar-refractivity contribution < 1.29 is 14.6 Å². The van der Waals surface area contributed by atoms with Gasteiger partial charge in [0.05, 0.1) is 7.11 Å². The van der Waals surface area contributed by atoms with Gasteiger partial charge in [-0.3, -0.25) is 0 Å². The lowest BCUT2D eigenvalue weighted by atomic mass is 9.93. The molecule has 2 atom stereocenters. The molecule has 2 aromatic rings. The number of carbonyl (C=O) groups is 1. The van der Waals surface area contributed by atoms with Gasteiger partial charge in [-0.15, -0.1) is 0 Å². The Kier molecular flexibility index (Phi) is 3.63. The summed E-state index contributed by atoms with van der Waals surface area (Å²) in [6.45, 7) is 1.81. The Morgan fingerprint density at radius 3 is 2.50 bits per heavy atom. The van der Waals surface area contributed by atoms with E-state index in [1.165, 1.54) is 7.11 Å². The molecule has 2 unspecified atom stereocenters. The number of rotatable bonds is 3. The highest BCUT2D eigenvalue weighted by Gasteiger charge is 2.24. The molecule has 0 saturated carbocycles. The second-order valence-electron chi connectivity index (χ2n) is 4.36. The molecular formula is C15H16O3. The second kappa shape index (κ2) is 5.19. The van der Waals surface area contributed by atoms with Crippen LogP contribution in [0.25, 0.3) is 10.8 Å². The number of methoxy groups -OCH3 is 1. The molecule has 0 bridgehead atoms. The molecule has 94 valence electrons. The third kappa shape index (κ3) is 2.36. The number of aliphatic hydroxyl groups is 1. The van der Waals surface area contributed by atoms with E-state index in [0.717, 1.165) is 16.3 Å². The van der Waals surface area contributed by atoms with E-state index in [1.807, 2.05) is 49.4 Å². The number of ether oxygens (including phenoxy) is 1. The van der Waals surface area contributed by atoms with Crippen molar-refractivity contribution in [1.82, 2.24) is 0 Å². The van der Waals surface area contributed by atoms with E-state index in [-0.39, 0.29) is 5.92 Å². The lowest BCUT2D eigenvalue weighted by molar-refractivity contribution is -0.151. The SMILES string of the molecule is COC(=O)C(O)C(C)c1ccc2ccccc2c1. The fourth-order valence-electron chi connectivity index (χ4n) is 2.00. The van der Waals surface area contributed by atoms with E-state index in [9.17, 15) is 9.90 Å². The number of esters is 1. The molecule has 0 spiro atoms. The van der Waals surface area contributed by atoms with Gasteiger partial charge in [-0.25, -0.2) is 4.79 Å². The van der Waals surface area contributed by atoms with E-state index in [0.29, 0.717) is 0 Å². The first kappa shape index (κ1) is 12.6. The summed E-state index contributed by atoms with van der Waals surface area (Å²) in [6.07, 6.45) is -1.13. The minimum Gasteiger partial charge on any atom is -0.467 e.